The van der Waals surface area contributed by atoms with Gasteiger partial charge in [-0.15, -0.1) is 12.4 Å². The molecule has 1 aliphatic heterocycles. The molecule has 1 heterocycles. The smallest absolute Gasteiger partial charge is 0.246 e. The minimum atomic E-state index is -4.13. The predicted octanol–water partition coefficient (Wildman–Crippen LogP) is 1.64. The summed E-state index contributed by atoms with van der Waals surface area (Å²) < 4.78 is 53.4. The van der Waals surface area contributed by atoms with Crippen LogP contribution in [-0.4, -0.2) is 44.3 Å². The van der Waals surface area contributed by atoms with Gasteiger partial charge in [0.15, 0.2) is 0 Å². The van der Waals surface area contributed by atoms with E-state index in [9.17, 15) is 22.0 Å². The van der Waals surface area contributed by atoms with Gasteiger partial charge in [-0.05, 0) is 49.8 Å². The van der Waals surface area contributed by atoms with Crippen LogP contribution in [-0.2, 0) is 14.8 Å². The Morgan fingerprint density at radius 1 is 1.22 bits per heavy atom. The van der Waals surface area contributed by atoms with Crippen molar-refractivity contribution < 1.29 is 22.0 Å². The van der Waals surface area contributed by atoms with Crippen molar-refractivity contribution in [3.8, 4) is 0 Å². The summed E-state index contributed by atoms with van der Waals surface area (Å²) in [7, 11) is -4.13. The standard InChI is InChI=1S/C17H23F2N3O3S.ClH/c18-13-3-4-14(19)16(9-13)26(24,25)22-7-5-12(6-8-22)17(23)21-15(10-20)11-1-2-11;/h3-4,9,11-12,15H,1-2,5-8,10,20H2,(H,21,23);1H. The zero-order valence-corrected chi connectivity index (χ0v) is 16.4. The van der Waals surface area contributed by atoms with Gasteiger partial charge in [0.25, 0.3) is 0 Å². The molecule has 27 heavy (non-hydrogen) atoms. The number of carbonyl (C=O) groups excluding carboxylic acids is 1. The Morgan fingerprint density at radius 2 is 1.85 bits per heavy atom. The van der Waals surface area contributed by atoms with Gasteiger partial charge in [-0.25, -0.2) is 17.2 Å². The van der Waals surface area contributed by atoms with Gasteiger partial charge in [0.2, 0.25) is 15.9 Å². The lowest BCUT2D eigenvalue weighted by Gasteiger charge is -2.31. The van der Waals surface area contributed by atoms with Crippen molar-refractivity contribution in [2.24, 2.45) is 17.6 Å². The molecule has 0 spiro atoms. The van der Waals surface area contributed by atoms with E-state index in [1.54, 1.807) is 0 Å². The highest BCUT2D eigenvalue weighted by Crippen LogP contribution is 2.33. The topological polar surface area (TPSA) is 92.5 Å². The van der Waals surface area contributed by atoms with E-state index in [1.165, 1.54) is 0 Å². The van der Waals surface area contributed by atoms with E-state index in [4.69, 9.17) is 5.73 Å². The summed E-state index contributed by atoms with van der Waals surface area (Å²) in [5.74, 6) is -1.76. The highest BCUT2D eigenvalue weighted by molar-refractivity contribution is 7.89. The van der Waals surface area contributed by atoms with Crippen LogP contribution in [0.3, 0.4) is 0 Å². The third kappa shape index (κ3) is 4.96. The van der Waals surface area contributed by atoms with Crippen molar-refractivity contribution in [2.75, 3.05) is 19.6 Å². The Kier molecular flexibility index (Phi) is 7.18. The normalized spacial score (nSPS) is 20.0. The molecule has 1 aliphatic carbocycles. The van der Waals surface area contributed by atoms with Crippen LogP contribution in [0.1, 0.15) is 25.7 Å². The van der Waals surface area contributed by atoms with E-state index in [0.29, 0.717) is 31.4 Å². The summed E-state index contributed by atoms with van der Waals surface area (Å²) in [6.07, 6.45) is 2.81. The van der Waals surface area contributed by atoms with Gasteiger partial charge in [-0.1, -0.05) is 0 Å². The molecule has 1 atom stereocenters. The Morgan fingerprint density at radius 3 is 2.41 bits per heavy atom. The number of carbonyl (C=O) groups is 1. The first kappa shape index (κ1) is 22.0. The molecule has 1 saturated carbocycles. The Labute approximate surface area is 163 Å². The maximum Gasteiger partial charge on any atom is 0.246 e. The highest BCUT2D eigenvalue weighted by Gasteiger charge is 2.36. The third-order valence-corrected chi connectivity index (χ3v) is 7.02. The average molecular weight is 424 g/mol. The van der Waals surface area contributed by atoms with Gasteiger partial charge in [0.1, 0.15) is 16.5 Å². The van der Waals surface area contributed by atoms with Crippen LogP contribution in [0.4, 0.5) is 8.78 Å². The van der Waals surface area contributed by atoms with E-state index < -0.39 is 26.6 Å². The number of piperidine rings is 1. The van der Waals surface area contributed by atoms with Crippen LogP contribution in [0.25, 0.3) is 0 Å². The van der Waals surface area contributed by atoms with E-state index in [2.05, 4.69) is 5.32 Å². The quantitative estimate of drug-likeness (QED) is 0.727. The monoisotopic (exact) mass is 423 g/mol. The van der Waals surface area contributed by atoms with Crippen molar-refractivity contribution in [3.63, 3.8) is 0 Å². The predicted molar refractivity (Wildman–Crippen MR) is 98.8 cm³/mol. The zero-order valence-electron chi connectivity index (χ0n) is 14.7. The van der Waals surface area contributed by atoms with E-state index >= 15 is 0 Å². The number of rotatable bonds is 6. The second-order valence-corrected chi connectivity index (χ2v) is 8.85. The number of nitrogens with one attached hydrogen (secondary N) is 1. The van der Waals surface area contributed by atoms with E-state index in [0.717, 1.165) is 29.3 Å². The number of benzene rings is 1. The van der Waals surface area contributed by atoms with Gasteiger partial charge < -0.3 is 11.1 Å². The number of sulfonamides is 1. The average Bonchev–Trinajstić information content (AvgIpc) is 3.46. The molecule has 1 saturated heterocycles. The number of nitrogens with two attached hydrogens (primary N) is 1. The molecule has 1 aromatic rings. The van der Waals surface area contributed by atoms with Gasteiger partial charge in [-0.3, -0.25) is 4.79 Å². The lowest BCUT2D eigenvalue weighted by Crippen LogP contribution is -2.48. The molecular weight excluding hydrogens is 400 g/mol. The lowest BCUT2D eigenvalue weighted by atomic mass is 9.96. The summed E-state index contributed by atoms with van der Waals surface area (Å²) in [5, 5.41) is 2.96. The minimum Gasteiger partial charge on any atom is -0.352 e. The molecule has 3 rings (SSSR count). The summed E-state index contributed by atoms with van der Waals surface area (Å²) in [6, 6.07) is 2.34. The Balaban J connectivity index is 0.00000261. The van der Waals surface area contributed by atoms with E-state index in [-0.39, 0.29) is 43.4 Å². The number of halogens is 3. The molecule has 0 radical (unpaired) electrons. The molecule has 3 N–H and O–H groups in total. The summed E-state index contributed by atoms with van der Waals surface area (Å²) in [6.45, 7) is 0.572. The first-order valence-electron chi connectivity index (χ1n) is 8.78. The second-order valence-electron chi connectivity index (χ2n) is 6.94. The number of hydrogen-bond acceptors (Lipinski definition) is 4. The number of nitrogens with zero attached hydrogens (tertiary/aromatic N) is 1. The van der Waals surface area contributed by atoms with Crippen LogP contribution in [0, 0.1) is 23.5 Å². The summed E-state index contributed by atoms with van der Waals surface area (Å²) >= 11 is 0. The maximum absolute atomic E-state index is 13.8. The summed E-state index contributed by atoms with van der Waals surface area (Å²) in [5.41, 5.74) is 5.69. The molecule has 1 unspecified atom stereocenters. The van der Waals surface area contributed by atoms with Crippen molar-refractivity contribution in [2.45, 2.75) is 36.6 Å². The molecule has 152 valence electrons. The van der Waals surface area contributed by atoms with Crippen LogP contribution in [0.15, 0.2) is 23.1 Å². The zero-order chi connectivity index (χ0) is 18.9. The van der Waals surface area contributed by atoms with Crippen LogP contribution in [0.2, 0.25) is 0 Å². The van der Waals surface area contributed by atoms with Crippen molar-refractivity contribution in [1.29, 1.82) is 0 Å². The van der Waals surface area contributed by atoms with Gasteiger partial charge in [-0.2, -0.15) is 4.31 Å². The number of hydrogen-bond donors (Lipinski definition) is 2. The van der Waals surface area contributed by atoms with Crippen molar-refractivity contribution >= 4 is 28.3 Å². The molecule has 0 bridgehead atoms. The van der Waals surface area contributed by atoms with Gasteiger partial charge >= 0.3 is 0 Å². The van der Waals surface area contributed by atoms with Gasteiger partial charge in [0.05, 0.1) is 0 Å². The Hall–Kier alpha value is -1.29. The first-order chi connectivity index (χ1) is 12.3. The number of amides is 1. The molecule has 1 aromatic carbocycles. The molecular formula is C17H24ClF2N3O3S. The molecule has 6 nitrogen and oxygen atoms in total. The molecule has 0 aromatic heterocycles. The highest BCUT2D eigenvalue weighted by atomic mass is 35.5. The van der Waals surface area contributed by atoms with Gasteiger partial charge in [0, 0.05) is 31.6 Å². The fourth-order valence-corrected chi connectivity index (χ4v) is 4.89. The molecule has 10 heteroatoms. The van der Waals surface area contributed by atoms with Crippen LogP contribution >= 0.6 is 12.4 Å². The first-order valence-corrected chi connectivity index (χ1v) is 10.2. The molecule has 1 amide bonds. The molecule has 2 aliphatic rings. The fourth-order valence-electron chi connectivity index (χ4n) is 3.34. The maximum atomic E-state index is 13.8. The van der Waals surface area contributed by atoms with Crippen molar-refractivity contribution in [1.82, 2.24) is 9.62 Å². The fraction of sp³-hybridized carbons (Fsp3) is 0.588. The summed E-state index contributed by atoms with van der Waals surface area (Å²) in [4.78, 5) is 11.7. The van der Waals surface area contributed by atoms with Crippen LogP contribution in [0.5, 0.6) is 0 Å². The van der Waals surface area contributed by atoms with Crippen LogP contribution < -0.4 is 11.1 Å². The minimum absolute atomic E-state index is 0. The SMILES string of the molecule is Cl.NCC(NC(=O)C1CCN(S(=O)(=O)c2cc(F)ccc2F)CC1)C1CC1. The largest absolute Gasteiger partial charge is 0.352 e. The Bertz CT molecular complexity index is 782. The third-order valence-electron chi connectivity index (χ3n) is 5.11. The lowest BCUT2D eigenvalue weighted by molar-refractivity contribution is -0.126. The van der Waals surface area contributed by atoms with Crippen molar-refractivity contribution in [3.05, 3.63) is 29.8 Å². The second kappa shape index (κ2) is 8.81. The molecule has 2 fully saturated rings. The van der Waals surface area contributed by atoms with E-state index in [1.807, 2.05) is 0 Å².